The number of nitrogens with zero attached hydrogens (tertiary/aromatic N) is 1. The van der Waals surface area contributed by atoms with Gasteiger partial charge in [-0.05, 0) is 67.6 Å². The summed E-state index contributed by atoms with van der Waals surface area (Å²) in [5, 5.41) is 0. The van der Waals surface area contributed by atoms with Crippen molar-refractivity contribution in [2.24, 2.45) is 0 Å². The maximum absolute atomic E-state index is 13.2. The third-order valence-electron chi connectivity index (χ3n) is 5.78. The Morgan fingerprint density at radius 1 is 0.933 bits per heavy atom. The zero-order chi connectivity index (χ0) is 21.6. The normalized spacial score (nSPS) is 19.9. The number of halogens is 3. The number of benzene rings is 2. The first kappa shape index (κ1) is 20.4. The van der Waals surface area contributed by atoms with Gasteiger partial charge in [-0.2, -0.15) is 13.2 Å². The Morgan fingerprint density at radius 3 is 2.17 bits per heavy atom. The van der Waals surface area contributed by atoms with Crippen molar-refractivity contribution in [3.63, 3.8) is 0 Å². The van der Waals surface area contributed by atoms with Crippen molar-refractivity contribution in [1.29, 1.82) is 0 Å². The molecule has 1 heterocycles. The average Bonchev–Trinajstić information content (AvgIpc) is 2.66. The van der Waals surface area contributed by atoms with Crippen LogP contribution in [0.25, 0.3) is 0 Å². The second-order valence-corrected chi connectivity index (χ2v) is 8.09. The van der Waals surface area contributed by atoms with Gasteiger partial charge in [0.1, 0.15) is 0 Å². The van der Waals surface area contributed by atoms with Crippen LogP contribution in [0.5, 0.6) is 0 Å². The molecule has 2 aromatic rings. The fourth-order valence-electron chi connectivity index (χ4n) is 4.56. The summed E-state index contributed by atoms with van der Waals surface area (Å²) in [6.07, 6.45) is -2.72. The molecular weight excluding hydrogens is 391 g/mol. The first-order chi connectivity index (χ1) is 14.1. The topological polar surface area (TPSA) is 37.4 Å². The standard InChI is InChI=1S/C24H22F3NO2/c1-14-10-15(2)12-18(11-14)28-20-4-3-5-21(29)23(20)19(13-22(28)30)16-6-8-17(9-7-16)24(25,26)27/h6-12,19H,3-5,13H2,1-2H3. The number of ketones is 1. The van der Waals surface area contributed by atoms with E-state index in [2.05, 4.69) is 0 Å². The number of carbonyl (C=O) groups is 2. The highest BCUT2D eigenvalue weighted by molar-refractivity contribution is 6.07. The van der Waals surface area contributed by atoms with Crippen LogP contribution in [0, 0.1) is 13.8 Å². The quantitative estimate of drug-likeness (QED) is 0.619. The van der Waals surface area contributed by atoms with Crippen molar-refractivity contribution >= 4 is 17.4 Å². The van der Waals surface area contributed by atoms with Gasteiger partial charge in [0.25, 0.3) is 0 Å². The predicted octanol–water partition coefficient (Wildman–Crippen LogP) is 5.85. The summed E-state index contributed by atoms with van der Waals surface area (Å²) in [7, 11) is 0. The van der Waals surface area contributed by atoms with Crippen molar-refractivity contribution in [1.82, 2.24) is 0 Å². The van der Waals surface area contributed by atoms with Crippen LogP contribution in [0.4, 0.5) is 18.9 Å². The van der Waals surface area contributed by atoms with Crippen LogP contribution in [0.2, 0.25) is 0 Å². The molecule has 0 N–H and O–H groups in total. The van der Waals surface area contributed by atoms with Crippen molar-refractivity contribution in [3.05, 3.63) is 76.0 Å². The maximum atomic E-state index is 13.2. The molecule has 2 aromatic carbocycles. The Balaban J connectivity index is 1.81. The summed E-state index contributed by atoms with van der Waals surface area (Å²) < 4.78 is 38.8. The number of carbonyl (C=O) groups excluding carboxylic acids is 2. The van der Waals surface area contributed by atoms with Gasteiger partial charge in [0, 0.05) is 35.7 Å². The number of Topliss-reactive ketones (excluding diaryl/α,β-unsaturated/α-hetero) is 1. The predicted molar refractivity (Wildman–Crippen MR) is 108 cm³/mol. The van der Waals surface area contributed by atoms with Gasteiger partial charge in [0.05, 0.1) is 5.56 Å². The Bertz CT molecular complexity index is 1030. The van der Waals surface area contributed by atoms with E-state index in [1.807, 2.05) is 32.0 Å². The molecule has 0 fully saturated rings. The first-order valence-corrected chi connectivity index (χ1v) is 10.00. The monoisotopic (exact) mass is 413 g/mol. The lowest BCUT2D eigenvalue weighted by molar-refractivity contribution is -0.137. The average molecular weight is 413 g/mol. The largest absolute Gasteiger partial charge is 0.416 e. The van der Waals surface area contributed by atoms with Crippen LogP contribution in [-0.2, 0) is 15.8 Å². The van der Waals surface area contributed by atoms with E-state index in [0.717, 1.165) is 28.9 Å². The Labute approximate surface area is 173 Å². The SMILES string of the molecule is Cc1cc(C)cc(N2C(=O)CC(c3ccc(C(F)(F)F)cc3)C3=C2CCCC3=O)c1. The minimum atomic E-state index is -4.42. The summed E-state index contributed by atoms with van der Waals surface area (Å²) in [5.74, 6) is -0.675. The molecule has 2 aliphatic rings. The molecule has 0 aromatic heterocycles. The molecule has 156 valence electrons. The molecule has 1 aliphatic heterocycles. The van der Waals surface area contributed by atoms with E-state index in [0.29, 0.717) is 36.1 Å². The highest BCUT2D eigenvalue weighted by Gasteiger charge is 2.40. The van der Waals surface area contributed by atoms with E-state index >= 15 is 0 Å². The number of amides is 1. The molecule has 0 spiro atoms. The van der Waals surface area contributed by atoms with Gasteiger partial charge in [-0.25, -0.2) is 0 Å². The van der Waals surface area contributed by atoms with E-state index < -0.39 is 17.7 Å². The van der Waals surface area contributed by atoms with E-state index in [1.165, 1.54) is 12.1 Å². The van der Waals surface area contributed by atoms with E-state index in [4.69, 9.17) is 0 Å². The van der Waals surface area contributed by atoms with E-state index in [-0.39, 0.29) is 18.1 Å². The molecule has 30 heavy (non-hydrogen) atoms. The highest BCUT2D eigenvalue weighted by Crippen LogP contribution is 2.44. The summed E-state index contributed by atoms with van der Waals surface area (Å²) in [6.45, 7) is 3.91. The van der Waals surface area contributed by atoms with Gasteiger partial charge in [-0.3, -0.25) is 14.5 Å². The molecule has 1 atom stereocenters. The van der Waals surface area contributed by atoms with Gasteiger partial charge in [-0.1, -0.05) is 18.2 Å². The molecule has 6 heteroatoms. The molecule has 0 saturated carbocycles. The number of hydrogen-bond acceptors (Lipinski definition) is 2. The lowest BCUT2D eigenvalue weighted by atomic mass is 9.77. The Hall–Kier alpha value is -2.89. The minimum Gasteiger partial charge on any atom is -0.294 e. The molecule has 0 bridgehead atoms. The van der Waals surface area contributed by atoms with Crippen LogP contribution in [0.15, 0.2) is 53.7 Å². The summed E-state index contributed by atoms with van der Waals surface area (Å²) in [5.41, 5.74) is 3.87. The van der Waals surface area contributed by atoms with Crippen LogP contribution >= 0.6 is 0 Å². The number of allylic oxidation sites excluding steroid dienone is 2. The number of alkyl halides is 3. The van der Waals surface area contributed by atoms with Crippen LogP contribution in [0.3, 0.4) is 0 Å². The molecule has 3 nitrogen and oxygen atoms in total. The van der Waals surface area contributed by atoms with Gasteiger partial charge < -0.3 is 0 Å². The van der Waals surface area contributed by atoms with Crippen LogP contribution in [-0.4, -0.2) is 11.7 Å². The number of hydrogen-bond donors (Lipinski definition) is 0. The van der Waals surface area contributed by atoms with Crippen molar-refractivity contribution in [2.45, 2.75) is 51.6 Å². The van der Waals surface area contributed by atoms with Crippen molar-refractivity contribution in [3.8, 4) is 0 Å². The van der Waals surface area contributed by atoms with Gasteiger partial charge in [0.2, 0.25) is 5.91 Å². The number of rotatable bonds is 2. The molecule has 1 amide bonds. The second-order valence-electron chi connectivity index (χ2n) is 8.09. The number of anilines is 1. The lowest BCUT2D eigenvalue weighted by Gasteiger charge is -2.38. The highest BCUT2D eigenvalue weighted by atomic mass is 19.4. The van der Waals surface area contributed by atoms with E-state index in [9.17, 15) is 22.8 Å². The van der Waals surface area contributed by atoms with E-state index in [1.54, 1.807) is 4.90 Å². The maximum Gasteiger partial charge on any atom is 0.416 e. The number of aryl methyl sites for hydroxylation is 2. The zero-order valence-corrected chi connectivity index (χ0v) is 16.8. The molecular formula is C24H22F3NO2. The van der Waals surface area contributed by atoms with Crippen molar-refractivity contribution < 1.29 is 22.8 Å². The Morgan fingerprint density at radius 2 is 1.57 bits per heavy atom. The molecule has 0 radical (unpaired) electrons. The Kier molecular flexibility index (Phi) is 5.04. The summed E-state index contributed by atoms with van der Waals surface area (Å²) in [6, 6.07) is 10.7. The van der Waals surface area contributed by atoms with Crippen LogP contribution in [0.1, 0.15) is 53.9 Å². The summed E-state index contributed by atoms with van der Waals surface area (Å²) >= 11 is 0. The zero-order valence-electron chi connectivity index (χ0n) is 16.8. The third kappa shape index (κ3) is 3.66. The fourth-order valence-corrected chi connectivity index (χ4v) is 4.56. The van der Waals surface area contributed by atoms with Gasteiger partial charge >= 0.3 is 6.18 Å². The van der Waals surface area contributed by atoms with Gasteiger partial charge in [-0.15, -0.1) is 0 Å². The van der Waals surface area contributed by atoms with Crippen LogP contribution < -0.4 is 4.90 Å². The third-order valence-corrected chi connectivity index (χ3v) is 5.78. The first-order valence-electron chi connectivity index (χ1n) is 10.00. The smallest absolute Gasteiger partial charge is 0.294 e. The molecule has 1 unspecified atom stereocenters. The van der Waals surface area contributed by atoms with Gasteiger partial charge in [0.15, 0.2) is 5.78 Å². The fraction of sp³-hybridized carbons (Fsp3) is 0.333. The molecule has 1 aliphatic carbocycles. The minimum absolute atomic E-state index is 0.0250. The summed E-state index contributed by atoms with van der Waals surface area (Å²) in [4.78, 5) is 27.7. The molecule has 0 saturated heterocycles. The second kappa shape index (κ2) is 7.42. The molecule has 4 rings (SSSR count). The van der Waals surface area contributed by atoms with Crippen molar-refractivity contribution in [2.75, 3.05) is 4.90 Å². The lowest BCUT2D eigenvalue weighted by Crippen LogP contribution is -2.40.